The van der Waals surface area contributed by atoms with Crippen molar-refractivity contribution in [3.05, 3.63) is 124 Å². The molecule has 2 aliphatic heterocycles. The minimum atomic E-state index is -4.62. The summed E-state index contributed by atoms with van der Waals surface area (Å²) >= 11 is 0. The number of quaternary nitrogens is 1. The number of pyridine rings is 2. The van der Waals surface area contributed by atoms with Crippen molar-refractivity contribution in [2.24, 2.45) is 11.3 Å². The molecule has 3 aromatic carbocycles. The second-order valence-corrected chi connectivity index (χ2v) is 24.5. The molecule has 80 heavy (non-hydrogen) atoms. The normalized spacial score (nSPS) is 21.4. The molecule has 5 N–H and O–H groups in total. The van der Waals surface area contributed by atoms with Crippen molar-refractivity contribution in [3.8, 4) is 23.1 Å². The Labute approximate surface area is 465 Å². The fourth-order valence-electron chi connectivity index (χ4n) is 12.3. The Balaban J connectivity index is 0.864. The number of nitrogens with zero attached hydrogens (tertiary/aromatic N) is 5. The molecule has 3 aromatic heterocycles. The van der Waals surface area contributed by atoms with Gasteiger partial charge in [0, 0.05) is 93.5 Å². The zero-order valence-corrected chi connectivity index (χ0v) is 47.0. The Morgan fingerprint density at radius 1 is 0.963 bits per heavy atom. The highest BCUT2D eigenvalue weighted by molar-refractivity contribution is 7.90. The summed E-state index contributed by atoms with van der Waals surface area (Å²) in [5.41, 5.74) is 3.03. The van der Waals surface area contributed by atoms with Gasteiger partial charge in [-0.05, 0) is 112 Å². The second-order valence-electron chi connectivity index (χ2n) is 22.8. The number of methoxy groups -OCH3 is 1. The molecule has 4 aliphatic rings. The van der Waals surface area contributed by atoms with Gasteiger partial charge < -0.3 is 44.8 Å². The van der Waals surface area contributed by atoms with Gasteiger partial charge in [-0.25, -0.2) is 26.9 Å². The predicted molar refractivity (Wildman–Crippen MR) is 299 cm³/mol. The van der Waals surface area contributed by atoms with Crippen LogP contribution in [0, 0.1) is 34.0 Å². The first-order valence-corrected chi connectivity index (χ1v) is 29.2. The lowest BCUT2D eigenvalue weighted by Crippen LogP contribution is -2.98. The Bertz CT molecular complexity index is 3340. The number of aromatic amines is 1. The summed E-state index contributed by atoms with van der Waals surface area (Å²) in [7, 11) is -1.99. The van der Waals surface area contributed by atoms with E-state index in [2.05, 4.69) is 77.8 Å². The Morgan fingerprint density at radius 2 is 1.71 bits per heavy atom. The summed E-state index contributed by atoms with van der Waals surface area (Å²) in [4.78, 5) is 32.5. The van der Waals surface area contributed by atoms with Crippen LogP contribution in [0.2, 0.25) is 0 Å². The molecule has 6 aromatic rings. The number of rotatable bonds is 18. The number of sulfonamides is 1. The van der Waals surface area contributed by atoms with Crippen LogP contribution >= 0.6 is 0 Å². The molecule has 4 fully saturated rings. The molecule has 428 valence electrons. The van der Waals surface area contributed by atoms with Crippen LogP contribution in [-0.2, 0) is 16.6 Å². The first kappa shape index (κ1) is 56.8. The first-order chi connectivity index (χ1) is 38.2. The van der Waals surface area contributed by atoms with Crippen LogP contribution in [0.15, 0.2) is 84.0 Å². The number of carbonyl (C=O) groups excluding carboxylic acids is 1. The molecular weight excluding hydrogens is 1050 g/mol. The number of fused-ring (bicyclic) bond motifs is 1. The molecule has 2 saturated heterocycles. The molecule has 2 aliphatic carbocycles. The number of benzene rings is 3. The number of hydrogen-bond acceptors (Lipinski definition) is 14. The summed E-state index contributed by atoms with van der Waals surface area (Å²) in [6.45, 7) is 12.4. The standard InChI is InChI=1S/C59H72F3N9O8S/c1-7-78-57-51(28-45-46(60)33-65-54(45)66-57)79-50-26-39(13-14-44(50)56(72)67-80(75,76)41-27-47(68(5)74)55(64-32-41)63-31-37-16-18-58(4,73)19-17-37)70-22-20-59(21-23-70)29-40(30-59)71-25-24-69(34-38-12-15-49(77-6)53(62)52(38)61)35-48(71)43-11-9-8-10-42(43)36(2)3/h8-15,26-28,32-33,36-37,40,48,68,73H,7,16-25,29-31,34-35H2,1-6H3,(H,63,64)(H,65,66)(H,67,72)/t37?,48-,58?/m0/s1. The molecule has 10 rings (SSSR count). The number of nitrogens with one attached hydrogen (secondary N) is 4. The lowest BCUT2D eigenvalue weighted by atomic mass is 9.59. The van der Waals surface area contributed by atoms with Crippen molar-refractivity contribution < 1.29 is 50.8 Å². The monoisotopic (exact) mass is 1120 g/mol. The molecular formula is C59H72F3N9O8S. The number of H-pyrrole nitrogens is 1. The van der Waals surface area contributed by atoms with Crippen molar-refractivity contribution in [2.45, 2.75) is 114 Å². The summed E-state index contributed by atoms with van der Waals surface area (Å²) in [6.07, 6.45) is 8.90. The Morgan fingerprint density at radius 3 is 2.42 bits per heavy atom. The zero-order chi connectivity index (χ0) is 56.7. The van der Waals surface area contributed by atoms with E-state index in [0.717, 1.165) is 63.2 Å². The fourth-order valence-corrected chi connectivity index (χ4v) is 13.3. The molecule has 2 atom stereocenters. The number of hydroxylamine groups is 1. The molecule has 5 heterocycles. The molecule has 1 amide bonds. The van der Waals surface area contributed by atoms with E-state index in [0.29, 0.717) is 57.2 Å². The van der Waals surface area contributed by atoms with Gasteiger partial charge in [0.05, 0.1) is 43.5 Å². The minimum absolute atomic E-state index is 0.000966. The van der Waals surface area contributed by atoms with Gasteiger partial charge >= 0.3 is 0 Å². The molecule has 21 heteroatoms. The van der Waals surface area contributed by atoms with Gasteiger partial charge in [0.1, 0.15) is 22.1 Å². The van der Waals surface area contributed by atoms with Crippen molar-refractivity contribution in [3.63, 3.8) is 0 Å². The first-order valence-electron chi connectivity index (χ1n) is 27.7. The van der Waals surface area contributed by atoms with Crippen molar-refractivity contribution in [2.75, 3.05) is 70.2 Å². The summed E-state index contributed by atoms with van der Waals surface area (Å²) < 4.78 is 92.7. The van der Waals surface area contributed by atoms with E-state index in [-0.39, 0.29) is 87.7 Å². The van der Waals surface area contributed by atoms with Gasteiger partial charge in [0.15, 0.2) is 28.8 Å². The van der Waals surface area contributed by atoms with Crippen LogP contribution in [0.5, 0.6) is 23.1 Å². The second kappa shape index (κ2) is 23.2. The molecule has 17 nitrogen and oxygen atoms in total. The average Bonchev–Trinajstić information content (AvgIpc) is 3.94. The number of hydrogen-bond donors (Lipinski definition) is 5. The number of ether oxygens (including phenoxy) is 3. The number of halogens is 3. The van der Waals surface area contributed by atoms with Gasteiger partial charge in [-0.2, -0.15) is 9.37 Å². The maximum absolute atomic E-state index is 15.3. The van der Waals surface area contributed by atoms with Crippen LogP contribution in [0.4, 0.5) is 30.4 Å². The van der Waals surface area contributed by atoms with E-state index in [4.69, 9.17) is 14.2 Å². The predicted octanol–water partition coefficient (Wildman–Crippen LogP) is 9.12. The number of aliphatic hydroxyl groups is 1. The van der Waals surface area contributed by atoms with E-state index in [1.165, 1.54) is 49.5 Å². The van der Waals surface area contributed by atoms with Crippen LogP contribution in [-0.4, -0.2) is 116 Å². The van der Waals surface area contributed by atoms with Crippen molar-refractivity contribution >= 4 is 44.2 Å². The third-order valence-corrected chi connectivity index (χ3v) is 18.3. The van der Waals surface area contributed by atoms with E-state index >= 15 is 8.78 Å². The third kappa shape index (κ3) is 11.9. The SMILES string of the molecule is CCOc1nc2[nH]cc(F)c2cc1Oc1cc(N2CCC3(CC2)CC(N2CCN(Cc4ccc(OC)c(F)c4F)C[C@H]2c2ccccc2C(C)C)C3)ccc1C(=O)NS(=O)(=O)c1cnc(NCC2CCC(C)(O)CC2)c([NH+](C)[O-])c1. The fraction of sp³-hybridized carbons (Fsp3) is 0.475. The lowest BCUT2D eigenvalue weighted by Gasteiger charge is -2.58. The zero-order valence-electron chi connectivity index (χ0n) is 46.2. The average molecular weight is 1120 g/mol. The molecule has 1 spiro atoms. The quantitative estimate of drug-likeness (QED) is 0.0510. The largest absolute Gasteiger partial charge is 0.629 e. The highest BCUT2D eigenvalue weighted by Crippen LogP contribution is 2.54. The van der Waals surface area contributed by atoms with E-state index in [1.54, 1.807) is 25.1 Å². The summed E-state index contributed by atoms with van der Waals surface area (Å²) in [6, 6.07) is 19.5. The molecule has 0 bridgehead atoms. The van der Waals surface area contributed by atoms with Gasteiger partial charge in [-0.3, -0.25) is 14.6 Å². The van der Waals surface area contributed by atoms with E-state index < -0.39 is 48.9 Å². The number of amides is 1. The highest BCUT2D eigenvalue weighted by Gasteiger charge is 2.50. The highest BCUT2D eigenvalue weighted by atomic mass is 32.2. The number of aromatic nitrogens is 3. The van der Waals surface area contributed by atoms with Crippen molar-refractivity contribution in [1.29, 1.82) is 0 Å². The van der Waals surface area contributed by atoms with Crippen LogP contribution < -0.4 is 34.2 Å². The smallest absolute Gasteiger partial charge is 0.268 e. The van der Waals surface area contributed by atoms with E-state index in [9.17, 15) is 27.9 Å². The maximum Gasteiger partial charge on any atom is 0.268 e. The Hall–Kier alpha value is -6.49. The van der Waals surface area contributed by atoms with Crippen LogP contribution in [0.25, 0.3) is 11.0 Å². The summed E-state index contributed by atoms with van der Waals surface area (Å²) in [5, 5.41) is 26.2. The number of carbonyl (C=O) groups is 1. The molecule has 2 saturated carbocycles. The van der Waals surface area contributed by atoms with Gasteiger partial charge in [-0.1, -0.05) is 44.2 Å². The third-order valence-electron chi connectivity index (χ3n) is 17.0. The van der Waals surface area contributed by atoms with Gasteiger partial charge in [-0.15, -0.1) is 0 Å². The number of piperazine rings is 1. The minimum Gasteiger partial charge on any atom is -0.629 e. The van der Waals surface area contributed by atoms with Gasteiger partial charge in [0.25, 0.3) is 21.8 Å². The Kier molecular flexibility index (Phi) is 16.4. The maximum atomic E-state index is 15.3. The number of anilines is 2. The lowest BCUT2D eigenvalue weighted by molar-refractivity contribution is -0.751. The van der Waals surface area contributed by atoms with Crippen LogP contribution in [0.1, 0.15) is 118 Å². The summed E-state index contributed by atoms with van der Waals surface area (Å²) in [5.74, 6) is -2.87. The van der Waals surface area contributed by atoms with Crippen LogP contribution in [0.3, 0.4) is 0 Å². The molecule has 1 unspecified atom stereocenters. The van der Waals surface area contributed by atoms with E-state index in [1.807, 2.05) is 6.92 Å². The van der Waals surface area contributed by atoms with Gasteiger partial charge in [0.2, 0.25) is 5.82 Å². The topological polar surface area (TPSA) is 202 Å². The number of piperidine rings is 1. The molecule has 0 radical (unpaired) electrons. The van der Waals surface area contributed by atoms with Crippen molar-refractivity contribution in [1.82, 2.24) is 29.5 Å².